The lowest BCUT2D eigenvalue weighted by atomic mass is 9.98. The van der Waals surface area contributed by atoms with E-state index in [1.165, 1.54) is 5.56 Å². The van der Waals surface area contributed by atoms with Gasteiger partial charge in [0.15, 0.2) is 5.82 Å². The molecule has 4 aromatic rings. The Morgan fingerprint density at radius 1 is 1.00 bits per heavy atom. The Balaban J connectivity index is 1.55. The van der Waals surface area contributed by atoms with Crippen LogP contribution in [0.2, 0.25) is 0 Å². The zero-order chi connectivity index (χ0) is 22.3. The molecule has 0 spiro atoms. The van der Waals surface area contributed by atoms with E-state index < -0.39 is 0 Å². The van der Waals surface area contributed by atoms with E-state index in [0.717, 1.165) is 67.0 Å². The maximum Gasteiger partial charge on any atom is 0.205 e. The summed E-state index contributed by atoms with van der Waals surface area (Å²) in [7, 11) is 0. The smallest absolute Gasteiger partial charge is 0.205 e. The molecule has 0 saturated carbocycles. The first-order valence-electron chi connectivity index (χ1n) is 11.5. The van der Waals surface area contributed by atoms with Gasteiger partial charge in [0.25, 0.3) is 0 Å². The van der Waals surface area contributed by atoms with E-state index in [4.69, 9.17) is 10.1 Å². The molecule has 32 heavy (non-hydrogen) atoms. The van der Waals surface area contributed by atoms with Gasteiger partial charge in [-0.1, -0.05) is 75.7 Å². The number of hydrogen-bond acceptors (Lipinski definition) is 5. The molecule has 7 heteroatoms. The minimum Gasteiger partial charge on any atom is -0.249 e. The van der Waals surface area contributed by atoms with E-state index in [-0.39, 0.29) is 0 Å². The first-order valence-corrected chi connectivity index (χ1v) is 11.5. The Bertz CT molecular complexity index is 1110. The molecule has 0 aliphatic rings. The fraction of sp³-hybridized carbons (Fsp3) is 0.400. The lowest BCUT2D eigenvalue weighted by Crippen LogP contribution is -2.08. The highest BCUT2D eigenvalue weighted by atomic mass is 15.5. The summed E-state index contributed by atoms with van der Waals surface area (Å²) in [5.74, 6) is 3.26. The molecule has 0 amide bonds. The van der Waals surface area contributed by atoms with Gasteiger partial charge < -0.3 is 0 Å². The molecule has 2 aromatic heterocycles. The number of aromatic amines is 1. The SMILES string of the molecule is CCCCc1nc(Cc2ccc(-c3ccccc3-c3nn[nH]n3)cc2)n(CCC(C)C)n1. The predicted molar refractivity (Wildman–Crippen MR) is 126 cm³/mol. The Morgan fingerprint density at radius 3 is 2.47 bits per heavy atom. The molecule has 0 unspecified atom stereocenters. The van der Waals surface area contributed by atoms with Crippen LogP contribution in [0.25, 0.3) is 22.5 Å². The largest absolute Gasteiger partial charge is 0.249 e. The van der Waals surface area contributed by atoms with E-state index in [0.29, 0.717) is 11.7 Å². The van der Waals surface area contributed by atoms with Crippen LogP contribution in [-0.4, -0.2) is 35.4 Å². The standard InChI is InChI=1S/C25H31N7/c1-4-5-10-23-26-24(32(29-23)16-15-18(2)3)17-19-11-13-20(14-12-19)21-8-6-7-9-22(21)25-27-30-31-28-25/h6-9,11-14,18H,4-5,10,15-17H2,1-3H3,(H,27,28,30,31). The maximum atomic E-state index is 4.87. The van der Waals surface area contributed by atoms with Gasteiger partial charge in [-0.3, -0.25) is 0 Å². The summed E-state index contributed by atoms with van der Waals surface area (Å²) in [5.41, 5.74) is 4.40. The van der Waals surface area contributed by atoms with Crippen LogP contribution >= 0.6 is 0 Å². The van der Waals surface area contributed by atoms with Gasteiger partial charge >= 0.3 is 0 Å². The first kappa shape index (κ1) is 21.9. The van der Waals surface area contributed by atoms with Gasteiger partial charge in [0.1, 0.15) is 5.82 Å². The number of rotatable bonds is 10. The molecular formula is C25H31N7. The predicted octanol–water partition coefficient (Wildman–Crippen LogP) is 5.10. The molecule has 0 bridgehead atoms. The van der Waals surface area contributed by atoms with E-state index >= 15 is 0 Å². The number of benzene rings is 2. The first-order chi connectivity index (χ1) is 15.6. The second-order valence-electron chi connectivity index (χ2n) is 8.61. The average Bonchev–Trinajstić information content (AvgIpc) is 3.47. The molecule has 1 N–H and O–H groups in total. The highest BCUT2D eigenvalue weighted by molar-refractivity contribution is 5.80. The van der Waals surface area contributed by atoms with Gasteiger partial charge in [-0.25, -0.2) is 9.67 Å². The molecular weight excluding hydrogens is 398 g/mol. The van der Waals surface area contributed by atoms with Crippen molar-refractivity contribution < 1.29 is 0 Å². The molecule has 4 rings (SSSR count). The molecule has 0 radical (unpaired) electrons. The number of aromatic nitrogens is 7. The van der Waals surface area contributed by atoms with Crippen molar-refractivity contribution in [2.24, 2.45) is 5.92 Å². The van der Waals surface area contributed by atoms with Crippen molar-refractivity contribution in [3.05, 3.63) is 65.7 Å². The third-order valence-corrected chi connectivity index (χ3v) is 5.60. The van der Waals surface area contributed by atoms with Crippen LogP contribution in [0.4, 0.5) is 0 Å². The van der Waals surface area contributed by atoms with Crippen molar-refractivity contribution >= 4 is 0 Å². The van der Waals surface area contributed by atoms with Crippen molar-refractivity contribution in [1.29, 1.82) is 0 Å². The average molecular weight is 430 g/mol. The fourth-order valence-corrected chi connectivity index (χ4v) is 3.75. The summed E-state index contributed by atoms with van der Waals surface area (Å²) in [5, 5.41) is 19.3. The topological polar surface area (TPSA) is 85.2 Å². The summed E-state index contributed by atoms with van der Waals surface area (Å²) in [6.07, 6.45) is 5.12. The van der Waals surface area contributed by atoms with Crippen LogP contribution in [0.15, 0.2) is 48.5 Å². The summed E-state index contributed by atoms with van der Waals surface area (Å²) in [4.78, 5) is 4.87. The second-order valence-corrected chi connectivity index (χ2v) is 8.61. The summed E-state index contributed by atoms with van der Waals surface area (Å²) < 4.78 is 2.12. The molecule has 7 nitrogen and oxygen atoms in total. The minimum absolute atomic E-state index is 0.600. The zero-order valence-corrected chi connectivity index (χ0v) is 19.1. The number of unbranched alkanes of at least 4 members (excludes halogenated alkanes) is 1. The van der Waals surface area contributed by atoms with E-state index in [2.05, 4.69) is 76.4 Å². The Kier molecular flexibility index (Phi) is 7.04. The van der Waals surface area contributed by atoms with Gasteiger partial charge in [-0.15, -0.1) is 10.2 Å². The van der Waals surface area contributed by atoms with Crippen LogP contribution < -0.4 is 0 Å². The molecule has 0 aliphatic carbocycles. The van der Waals surface area contributed by atoms with Crippen LogP contribution in [-0.2, 0) is 19.4 Å². The minimum atomic E-state index is 0.600. The quantitative estimate of drug-likeness (QED) is 0.379. The lowest BCUT2D eigenvalue weighted by molar-refractivity contribution is 0.473. The van der Waals surface area contributed by atoms with Crippen LogP contribution in [0.5, 0.6) is 0 Å². The maximum absolute atomic E-state index is 4.87. The van der Waals surface area contributed by atoms with Crippen molar-refractivity contribution in [2.75, 3.05) is 0 Å². The van der Waals surface area contributed by atoms with Gasteiger partial charge in [-0.2, -0.15) is 10.3 Å². The van der Waals surface area contributed by atoms with Gasteiger partial charge in [0.05, 0.1) is 0 Å². The normalized spacial score (nSPS) is 11.4. The molecule has 0 aliphatic heterocycles. The van der Waals surface area contributed by atoms with Crippen molar-refractivity contribution in [2.45, 2.75) is 59.4 Å². The zero-order valence-electron chi connectivity index (χ0n) is 19.1. The fourth-order valence-electron chi connectivity index (χ4n) is 3.75. The molecule has 0 atom stereocenters. The molecule has 0 saturated heterocycles. The molecule has 0 fully saturated rings. The van der Waals surface area contributed by atoms with E-state index in [1.807, 2.05) is 18.2 Å². The third-order valence-electron chi connectivity index (χ3n) is 5.60. The number of tetrazole rings is 1. The molecule has 2 aromatic carbocycles. The lowest BCUT2D eigenvalue weighted by Gasteiger charge is -2.10. The van der Waals surface area contributed by atoms with E-state index in [1.54, 1.807) is 0 Å². The Hall–Kier alpha value is -3.35. The number of nitrogens with zero attached hydrogens (tertiary/aromatic N) is 6. The summed E-state index contributed by atoms with van der Waals surface area (Å²) in [6.45, 7) is 7.62. The second kappa shape index (κ2) is 10.3. The number of hydrogen-bond donors (Lipinski definition) is 1. The van der Waals surface area contributed by atoms with Gasteiger partial charge in [0.2, 0.25) is 5.82 Å². The number of aryl methyl sites for hydroxylation is 2. The highest BCUT2D eigenvalue weighted by Crippen LogP contribution is 2.30. The number of H-pyrrole nitrogens is 1. The Morgan fingerprint density at radius 2 is 1.78 bits per heavy atom. The molecule has 166 valence electrons. The Labute approximate surface area is 189 Å². The van der Waals surface area contributed by atoms with Crippen molar-refractivity contribution in [3.63, 3.8) is 0 Å². The van der Waals surface area contributed by atoms with Gasteiger partial charge in [0, 0.05) is 24.9 Å². The van der Waals surface area contributed by atoms with Crippen molar-refractivity contribution in [3.8, 4) is 22.5 Å². The third kappa shape index (κ3) is 5.28. The van der Waals surface area contributed by atoms with Crippen LogP contribution in [0.3, 0.4) is 0 Å². The van der Waals surface area contributed by atoms with Crippen LogP contribution in [0, 0.1) is 5.92 Å². The van der Waals surface area contributed by atoms with Gasteiger partial charge in [-0.05, 0) is 40.7 Å². The molecule has 2 heterocycles. The summed E-state index contributed by atoms with van der Waals surface area (Å²) >= 11 is 0. The summed E-state index contributed by atoms with van der Waals surface area (Å²) in [6, 6.07) is 16.8. The van der Waals surface area contributed by atoms with E-state index in [9.17, 15) is 0 Å². The van der Waals surface area contributed by atoms with Crippen molar-refractivity contribution in [1.82, 2.24) is 35.4 Å². The number of nitrogens with one attached hydrogen (secondary N) is 1. The highest BCUT2D eigenvalue weighted by Gasteiger charge is 2.13. The monoisotopic (exact) mass is 429 g/mol. The van der Waals surface area contributed by atoms with Crippen LogP contribution in [0.1, 0.15) is 57.2 Å².